The van der Waals surface area contributed by atoms with E-state index in [0.717, 1.165) is 25.9 Å². The average molecular weight is 429 g/mol. The van der Waals surface area contributed by atoms with Gasteiger partial charge in [0.05, 0.1) is 6.54 Å². The molecule has 0 aliphatic carbocycles. The summed E-state index contributed by atoms with van der Waals surface area (Å²) in [5, 5.41) is 6.65. The van der Waals surface area contributed by atoms with Gasteiger partial charge in [0.25, 0.3) is 0 Å². The first-order valence-electron chi connectivity index (χ1n) is 10.3. The average Bonchev–Trinajstić information content (AvgIpc) is 2.64. The second-order valence-corrected chi connectivity index (χ2v) is 10.7. The number of rotatable bonds is 7. The van der Waals surface area contributed by atoms with Crippen molar-refractivity contribution in [1.29, 1.82) is 0 Å². The number of guanidine groups is 1. The fourth-order valence-electron chi connectivity index (χ4n) is 3.28. The Morgan fingerprint density at radius 1 is 1.31 bits per heavy atom. The van der Waals surface area contributed by atoms with Crippen molar-refractivity contribution < 1.29 is 13.0 Å². The summed E-state index contributed by atoms with van der Waals surface area (Å²) in [5.41, 5.74) is 0.124. The van der Waals surface area contributed by atoms with Gasteiger partial charge in [-0.15, -0.1) is 0 Å². The Kier molecular flexibility index (Phi) is 9.02. The molecular formula is C21H34F2N4OS. The van der Waals surface area contributed by atoms with Gasteiger partial charge in [0.2, 0.25) is 0 Å². The molecule has 0 amide bonds. The summed E-state index contributed by atoms with van der Waals surface area (Å²) in [6, 6.07) is 4.13. The third-order valence-electron chi connectivity index (χ3n) is 4.86. The molecule has 8 heteroatoms. The molecule has 29 heavy (non-hydrogen) atoms. The molecule has 2 N–H and O–H groups in total. The molecule has 1 heterocycles. The first kappa shape index (κ1) is 23.7. The zero-order valence-corrected chi connectivity index (χ0v) is 18.7. The molecule has 1 aliphatic heterocycles. The lowest BCUT2D eigenvalue weighted by atomic mass is 10.0. The quantitative estimate of drug-likeness (QED) is 0.518. The van der Waals surface area contributed by atoms with Crippen LogP contribution in [0.2, 0.25) is 0 Å². The maximum Gasteiger partial charge on any atom is 0.191 e. The Hall–Kier alpha value is -1.54. The van der Waals surface area contributed by atoms with E-state index in [9.17, 15) is 13.0 Å². The van der Waals surface area contributed by atoms with Crippen molar-refractivity contribution in [2.75, 3.05) is 31.9 Å². The molecule has 164 valence electrons. The number of hydrogen-bond acceptors (Lipinski definition) is 3. The number of nitrogens with one attached hydrogen (secondary N) is 2. The van der Waals surface area contributed by atoms with Crippen molar-refractivity contribution >= 4 is 16.8 Å². The second-order valence-electron chi connectivity index (χ2n) is 8.34. The molecule has 1 aromatic rings. The Balaban J connectivity index is 1.94. The molecule has 0 spiro atoms. The van der Waals surface area contributed by atoms with Gasteiger partial charge in [-0.3, -0.25) is 14.1 Å². The lowest BCUT2D eigenvalue weighted by molar-refractivity contribution is 0.188. The van der Waals surface area contributed by atoms with E-state index in [1.165, 1.54) is 18.2 Å². The number of piperidine rings is 1. The minimum atomic E-state index is -0.939. The summed E-state index contributed by atoms with van der Waals surface area (Å²) in [6.45, 7) is 10.9. The minimum absolute atomic E-state index is 0.124. The number of benzene rings is 1. The third-order valence-corrected chi connectivity index (χ3v) is 6.78. The minimum Gasteiger partial charge on any atom is -0.357 e. The molecule has 2 rings (SSSR count). The van der Waals surface area contributed by atoms with Crippen LogP contribution in [0.4, 0.5) is 8.78 Å². The van der Waals surface area contributed by atoms with Gasteiger partial charge in [0.15, 0.2) is 5.96 Å². The van der Waals surface area contributed by atoms with Gasteiger partial charge < -0.3 is 10.6 Å². The molecule has 0 bridgehead atoms. The smallest absolute Gasteiger partial charge is 0.191 e. The van der Waals surface area contributed by atoms with E-state index in [1.54, 1.807) is 0 Å². The van der Waals surface area contributed by atoms with E-state index in [-0.39, 0.29) is 22.9 Å². The summed E-state index contributed by atoms with van der Waals surface area (Å²) in [4.78, 5) is 6.63. The fraction of sp³-hybridized carbons (Fsp3) is 0.667. The van der Waals surface area contributed by atoms with Gasteiger partial charge in [-0.1, -0.05) is 6.07 Å². The van der Waals surface area contributed by atoms with Crippen LogP contribution in [0.3, 0.4) is 0 Å². The van der Waals surface area contributed by atoms with Crippen LogP contribution in [0.15, 0.2) is 23.2 Å². The van der Waals surface area contributed by atoms with Crippen LogP contribution >= 0.6 is 0 Å². The predicted molar refractivity (Wildman–Crippen MR) is 117 cm³/mol. The van der Waals surface area contributed by atoms with E-state index in [4.69, 9.17) is 0 Å². The highest BCUT2D eigenvalue weighted by molar-refractivity contribution is 7.86. The molecule has 0 saturated carbocycles. The maximum atomic E-state index is 14.0. The van der Waals surface area contributed by atoms with Crippen LogP contribution in [0.1, 0.15) is 46.1 Å². The van der Waals surface area contributed by atoms with E-state index >= 15 is 0 Å². The van der Waals surface area contributed by atoms with Crippen LogP contribution in [0.5, 0.6) is 0 Å². The number of likely N-dealkylation sites (tertiary alicyclic amines) is 1. The Bertz CT molecular complexity index is 701. The number of hydrogen-bond donors (Lipinski definition) is 2. The standard InChI is InChI=1S/C21H34F2N4OS/c1-5-24-20(25-11-13-29(28)21(2,3)4)26-16-8-7-12-27(14-16)15-17-18(22)9-6-10-19(17)23/h6,9-10,16H,5,7-8,11-15H2,1-4H3,(H2,24,25,26). The van der Waals surface area contributed by atoms with Crippen molar-refractivity contribution in [2.45, 2.75) is 57.9 Å². The van der Waals surface area contributed by atoms with Crippen molar-refractivity contribution in [1.82, 2.24) is 15.5 Å². The number of aliphatic imine (C=N–C) groups is 1. The molecule has 2 unspecified atom stereocenters. The van der Waals surface area contributed by atoms with E-state index in [1.807, 2.05) is 27.7 Å². The lowest BCUT2D eigenvalue weighted by Gasteiger charge is -2.34. The van der Waals surface area contributed by atoms with Gasteiger partial charge in [0, 0.05) is 52.5 Å². The molecule has 1 aromatic carbocycles. The van der Waals surface area contributed by atoms with Gasteiger partial charge >= 0.3 is 0 Å². The van der Waals surface area contributed by atoms with Crippen molar-refractivity contribution in [3.05, 3.63) is 35.4 Å². The molecule has 0 radical (unpaired) electrons. The normalized spacial score (nSPS) is 19.8. The topological polar surface area (TPSA) is 56.7 Å². The monoisotopic (exact) mass is 428 g/mol. The van der Waals surface area contributed by atoms with Crippen molar-refractivity contribution in [3.8, 4) is 0 Å². The molecule has 2 atom stereocenters. The Morgan fingerprint density at radius 2 is 2.00 bits per heavy atom. The summed E-state index contributed by atoms with van der Waals surface area (Å²) in [7, 11) is -0.939. The lowest BCUT2D eigenvalue weighted by Crippen LogP contribution is -2.51. The third kappa shape index (κ3) is 7.66. The zero-order chi connectivity index (χ0) is 21.4. The second kappa shape index (κ2) is 11.0. The number of halogens is 2. The van der Waals surface area contributed by atoms with Gasteiger partial charge in [0.1, 0.15) is 11.6 Å². The number of nitrogens with zero attached hydrogens (tertiary/aromatic N) is 2. The van der Waals surface area contributed by atoms with E-state index < -0.39 is 22.4 Å². The Labute approximate surface area is 175 Å². The predicted octanol–water partition coefficient (Wildman–Crippen LogP) is 3.03. The molecule has 1 aliphatic rings. The van der Waals surface area contributed by atoms with Crippen LogP contribution in [-0.4, -0.2) is 57.8 Å². The summed E-state index contributed by atoms with van der Waals surface area (Å²) in [5.74, 6) is 0.217. The Morgan fingerprint density at radius 3 is 2.62 bits per heavy atom. The summed E-state index contributed by atoms with van der Waals surface area (Å²) >= 11 is 0. The summed E-state index contributed by atoms with van der Waals surface area (Å²) in [6.07, 6.45) is 1.91. The maximum absolute atomic E-state index is 14.0. The highest BCUT2D eigenvalue weighted by atomic mass is 32.2. The summed E-state index contributed by atoms with van der Waals surface area (Å²) < 4.78 is 39.9. The molecular weight excluding hydrogens is 394 g/mol. The first-order valence-corrected chi connectivity index (χ1v) is 11.6. The van der Waals surface area contributed by atoms with Crippen LogP contribution < -0.4 is 10.6 Å². The van der Waals surface area contributed by atoms with Crippen LogP contribution in [0, 0.1) is 11.6 Å². The van der Waals surface area contributed by atoms with Gasteiger partial charge in [-0.2, -0.15) is 0 Å². The highest BCUT2D eigenvalue weighted by Crippen LogP contribution is 2.18. The van der Waals surface area contributed by atoms with Crippen molar-refractivity contribution in [2.24, 2.45) is 4.99 Å². The molecule has 1 fully saturated rings. The largest absolute Gasteiger partial charge is 0.357 e. The van der Waals surface area contributed by atoms with Gasteiger partial charge in [-0.25, -0.2) is 8.78 Å². The molecule has 0 aromatic heterocycles. The van der Waals surface area contributed by atoms with Crippen LogP contribution in [0.25, 0.3) is 0 Å². The highest BCUT2D eigenvalue weighted by Gasteiger charge is 2.23. The zero-order valence-electron chi connectivity index (χ0n) is 17.9. The first-order chi connectivity index (χ1) is 13.7. The van der Waals surface area contributed by atoms with E-state index in [0.29, 0.717) is 24.8 Å². The van der Waals surface area contributed by atoms with E-state index in [2.05, 4.69) is 20.5 Å². The van der Waals surface area contributed by atoms with Crippen LogP contribution in [-0.2, 0) is 17.3 Å². The van der Waals surface area contributed by atoms with Gasteiger partial charge in [-0.05, 0) is 59.2 Å². The fourth-order valence-corrected chi connectivity index (χ4v) is 4.15. The SMILES string of the molecule is CCNC(=NCCS(=O)C(C)(C)C)NC1CCCN(Cc2c(F)cccc2F)C1. The molecule has 1 saturated heterocycles. The molecule has 5 nitrogen and oxygen atoms in total. The van der Waals surface area contributed by atoms with Crippen molar-refractivity contribution in [3.63, 3.8) is 0 Å².